The number of pyridine rings is 1. The molecule has 6 nitrogen and oxygen atoms in total. The topological polar surface area (TPSA) is 57.6 Å². The van der Waals surface area contributed by atoms with Gasteiger partial charge < -0.3 is 14.8 Å². The fourth-order valence-corrected chi connectivity index (χ4v) is 4.65. The number of hydrogen-bond acceptors (Lipinski definition) is 4. The van der Waals surface area contributed by atoms with E-state index >= 15 is 0 Å². The lowest BCUT2D eigenvalue weighted by Gasteiger charge is -2.36. The number of unbranched alkanes of at least 4 members (excludes halogenated alkanes) is 1. The van der Waals surface area contributed by atoms with E-state index in [1.54, 1.807) is 22.9 Å². The van der Waals surface area contributed by atoms with Gasteiger partial charge in [-0.05, 0) is 68.6 Å². The minimum atomic E-state index is -0.291. The van der Waals surface area contributed by atoms with Gasteiger partial charge in [-0.1, -0.05) is 42.0 Å². The maximum absolute atomic E-state index is 12.8. The molecule has 1 aliphatic rings. The van der Waals surface area contributed by atoms with Gasteiger partial charge in [-0.15, -0.1) is 0 Å². The van der Waals surface area contributed by atoms with Gasteiger partial charge in [-0.2, -0.15) is 0 Å². The molecule has 1 saturated heterocycles. The van der Waals surface area contributed by atoms with Gasteiger partial charge in [0.25, 0.3) is 11.5 Å². The Morgan fingerprint density at radius 3 is 2.37 bits per heavy atom. The van der Waals surface area contributed by atoms with Crippen molar-refractivity contribution < 1.29 is 4.79 Å². The van der Waals surface area contributed by atoms with Crippen LogP contribution in [0.3, 0.4) is 0 Å². The Kier molecular flexibility index (Phi) is 8.37. The molecule has 1 aromatic heterocycles. The van der Waals surface area contributed by atoms with Gasteiger partial charge in [0.1, 0.15) is 5.56 Å². The molecule has 2 aromatic carbocycles. The second-order valence-corrected chi connectivity index (χ2v) is 9.47. The van der Waals surface area contributed by atoms with Crippen molar-refractivity contribution in [3.8, 4) is 0 Å². The van der Waals surface area contributed by atoms with Gasteiger partial charge in [-0.25, -0.2) is 0 Å². The molecule has 1 N–H and O–H groups in total. The van der Waals surface area contributed by atoms with Crippen molar-refractivity contribution in [3.05, 3.63) is 99.5 Å². The molecule has 3 aromatic rings. The summed E-state index contributed by atoms with van der Waals surface area (Å²) in [5.41, 5.74) is 4.76. The van der Waals surface area contributed by atoms with E-state index in [2.05, 4.69) is 52.4 Å². The van der Waals surface area contributed by atoms with E-state index in [1.807, 2.05) is 25.1 Å². The summed E-state index contributed by atoms with van der Waals surface area (Å²) in [5, 5.41) is 2.93. The number of amides is 1. The largest absolute Gasteiger partial charge is 0.369 e. The van der Waals surface area contributed by atoms with Crippen molar-refractivity contribution in [2.24, 2.45) is 0 Å². The summed E-state index contributed by atoms with van der Waals surface area (Å²) in [6.07, 6.45) is 3.66. The Morgan fingerprint density at radius 2 is 1.63 bits per heavy atom. The third-order valence-corrected chi connectivity index (χ3v) is 6.63. The number of carbonyl (C=O) groups is 1. The third-order valence-electron chi connectivity index (χ3n) is 6.63. The summed E-state index contributed by atoms with van der Waals surface area (Å²) < 4.78 is 1.60. The van der Waals surface area contributed by atoms with Crippen molar-refractivity contribution in [1.29, 1.82) is 0 Å². The Hall–Kier alpha value is -3.38. The third kappa shape index (κ3) is 6.83. The van der Waals surface area contributed by atoms with Crippen molar-refractivity contribution in [3.63, 3.8) is 0 Å². The molecule has 4 rings (SSSR count). The number of benzene rings is 2. The number of hydrogen-bond donors (Lipinski definition) is 1. The standard InChI is InChI=1S/C29H36N4O2/c1-23-8-5-10-25(20-23)22-33-15-7-12-27(29(33)35)28(34)30-13-3-4-14-31-16-18-32(19-17-31)26-11-6-9-24(2)21-26/h5-12,15,20-21H,3-4,13-14,16-19,22H2,1-2H3,(H,30,34). The summed E-state index contributed by atoms with van der Waals surface area (Å²) in [4.78, 5) is 30.4. The number of carbonyl (C=O) groups excluding carboxylic acids is 1. The number of rotatable bonds is 9. The highest BCUT2D eigenvalue weighted by molar-refractivity contribution is 5.93. The number of piperazine rings is 1. The lowest BCUT2D eigenvalue weighted by molar-refractivity contribution is 0.0950. The van der Waals surface area contributed by atoms with E-state index < -0.39 is 0 Å². The second-order valence-electron chi connectivity index (χ2n) is 9.47. The van der Waals surface area contributed by atoms with E-state index in [9.17, 15) is 9.59 Å². The van der Waals surface area contributed by atoms with Crippen LogP contribution in [0.4, 0.5) is 5.69 Å². The molecule has 0 bridgehead atoms. The predicted molar refractivity (Wildman–Crippen MR) is 142 cm³/mol. The zero-order valence-corrected chi connectivity index (χ0v) is 20.9. The number of aryl methyl sites for hydroxylation is 2. The quantitative estimate of drug-likeness (QED) is 0.481. The first-order chi connectivity index (χ1) is 17.0. The Balaban J connectivity index is 1.18. The Labute approximate surface area is 208 Å². The summed E-state index contributed by atoms with van der Waals surface area (Å²) in [6.45, 7) is 10.4. The van der Waals surface area contributed by atoms with Crippen LogP contribution in [0.1, 0.15) is 39.9 Å². The highest BCUT2D eigenvalue weighted by Gasteiger charge is 2.17. The predicted octanol–water partition coefficient (Wildman–Crippen LogP) is 3.85. The average molecular weight is 473 g/mol. The van der Waals surface area contributed by atoms with E-state index in [0.29, 0.717) is 13.1 Å². The van der Waals surface area contributed by atoms with Gasteiger partial charge in [0.2, 0.25) is 0 Å². The van der Waals surface area contributed by atoms with E-state index in [-0.39, 0.29) is 17.0 Å². The van der Waals surface area contributed by atoms with Gasteiger partial charge in [-0.3, -0.25) is 14.5 Å². The van der Waals surface area contributed by atoms with Crippen molar-refractivity contribution >= 4 is 11.6 Å². The molecule has 0 unspecified atom stereocenters. The van der Waals surface area contributed by atoms with Crippen LogP contribution in [-0.4, -0.2) is 54.6 Å². The van der Waals surface area contributed by atoms with Crippen LogP contribution < -0.4 is 15.8 Å². The van der Waals surface area contributed by atoms with E-state index in [0.717, 1.165) is 56.7 Å². The van der Waals surface area contributed by atoms with Crippen LogP contribution >= 0.6 is 0 Å². The lowest BCUT2D eigenvalue weighted by atomic mass is 10.1. The first kappa shape index (κ1) is 24.7. The lowest BCUT2D eigenvalue weighted by Crippen LogP contribution is -2.46. The summed E-state index contributed by atoms with van der Waals surface area (Å²) >= 11 is 0. The Morgan fingerprint density at radius 1 is 0.886 bits per heavy atom. The van der Waals surface area contributed by atoms with Crippen LogP contribution in [0.5, 0.6) is 0 Å². The van der Waals surface area contributed by atoms with Gasteiger partial charge in [0.05, 0.1) is 6.54 Å². The van der Waals surface area contributed by atoms with Gasteiger partial charge in [0, 0.05) is 44.6 Å². The van der Waals surface area contributed by atoms with Crippen molar-refractivity contribution in [2.45, 2.75) is 33.2 Å². The number of aromatic nitrogens is 1. The fraction of sp³-hybridized carbons (Fsp3) is 0.379. The minimum Gasteiger partial charge on any atom is -0.369 e. The molecular formula is C29H36N4O2. The molecule has 0 radical (unpaired) electrons. The molecule has 184 valence electrons. The molecule has 0 aliphatic carbocycles. The zero-order chi connectivity index (χ0) is 24.6. The number of nitrogens with one attached hydrogen (secondary N) is 1. The van der Waals surface area contributed by atoms with E-state index in [4.69, 9.17) is 0 Å². The molecule has 6 heteroatoms. The van der Waals surface area contributed by atoms with Crippen LogP contribution in [-0.2, 0) is 6.54 Å². The molecule has 1 aliphatic heterocycles. The molecule has 0 saturated carbocycles. The normalized spacial score (nSPS) is 14.2. The van der Waals surface area contributed by atoms with Crippen LogP contribution in [0.2, 0.25) is 0 Å². The zero-order valence-electron chi connectivity index (χ0n) is 20.9. The highest BCUT2D eigenvalue weighted by Crippen LogP contribution is 2.18. The number of anilines is 1. The van der Waals surface area contributed by atoms with Crippen LogP contribution in [0.15, 0.2) is 71.7 Å². The van der Waals surface area contributed by atoms with Gasteiger partial charge >= 0.3 is 0 Å². The van der Waals surface area contributed by atoms with Gasteiger partial charge in [0.15, 0.2) is 0 Å². The maximum Gasteiger partial charge on any atom is 0.263 e. The summed E-state index contributed by atoms with van der Waals surface area (Å²) in [6, 6.07) is 20.1. The molecule has 2 heterocycles. The molecule has 0 atom stereocenters. The highest BCUT2D eigenvalue weighted by atomic mass is 16.2. The SMILES string of the molecule is Cc1cccc(Cn2cccc(C(=O)NCCCCN3CCN(c4cccc(C)c4)CC3)c2=O)c1. The molecule has 1 amide bonds. The first-order valence-corrected chi connectivity index (χ1v) is 12.6. The van der Waals surface area contributed by atoms with Crippen molar-refractivity contribution in [1.82, 2.24) is 14.8 Å². The van der Waals surface area contributed by atoms with Crippen molar-refractivity contribution in [2.75, 3.05) is 44.2 Å². The molecular weight excluding hydrogens is 436 g/mol. The van der Waals surface area contributed by atoms with E-state index in [1.165, 1.54) is 11.3 Å². The summed E-state index contributed by atoms with van der Waals surface area (Å²) in [5.74, 6) is -0.291. The summed E-state index contributed by atoms with van der Waals surface area (Å²) in [7, 11) is 0. The molecule has 1 fully saturated rings. The smallest absolute Gasteiger partial charge is 0.263 e. The van der Waals surface area contributed by atoms with Crippen LogP contribution in [0.25, 0.3) is 0 Å². The van der Waals surface area contributed by atoms with Crippen LogP contribution in [0, 0.1) is 13.8 Å². The first-order valence-electron chi connectivity index (χ1n) is 12.6. The molecule has 0 spiro atoms. The number of nitrogens with zero attached hydrogens (tertiary/aromatic N) is 3. The second kappa shape index (κ2) is 11.8. The fourth-order valence-electron chi connectivity index (χ4n) is 4.65. The maximum atomic E-state index is 12.8. The Bertz CT molecular complexity index is 1200. The average Bonchev–Trinajstić information content (AvgIpc) is 2.85. The minimum absolute atomic E-state index is 0.201. The monoisotopic (exact) mass is 472 g/mol. The molecule has 35 heavy (non-hydrogen) atoms.